The first-order valence-corrected chi connectivity index (χ1v) is 23.7. The standard InChI is InChI=1S/C52H60N2O4S2/c1-3-5-7-9-11-13-15-36-59-49-32-28-45(29-33-49)53-39-41-20-24-43(25-21-41)51(55)57-47-18-17-19-48(38-47)58-52(56)44-26-22-42(23-27-44)40-54-46-30-34-50(35-31-46)60-37-16-14-12-10-8-6-4-2/h17-35,38-40H,3-16,36-37H2,1-2H3. The van der Waals surface area contributed by atoms with Gasteiger partial charge in [-0.2, -0.15) is 0 Å². The van der Waals surface area contributed by atoms with E-state index in [0.29, 0.717) is 11.1 Å². The molecule has 0 unspecified atom stereocenters. The Labute approximate surface area is 366 Å². The molecule has 0 aromatic heterocycles. The first-order valence-electron chi connectivity index (χ1n) is 21.8. The van der Waals surface area contributed by atoms with Gasteiger partial charge < -0.3 is 9.47 Å². The third-order valence-corrected chi connectivity index (χ3v) is 12.1. The van der Waals surface area contributed by atoms with Gasteiger partial charge in [0.05, 0.1) is 22.5 Å². The maximum absolute atomic E-state index is 13.0. The van der Waals surface area contributed by atoms with Crippen molar-refractivity contribution in [2.45, 2.75) is 114 Å². The van der Waals surface area contributed by atoms with Crippen molar-refractivity contribution in [3.8, 4) is 11.5 Å². The average Bonchev–Trinajstić information content (AvgIpc) is 3.28. The predicted molar refractivity (Wildman–Crippen MR) is 254 cm³/mol. The van der Waals surface area contributed by atoms with Gasteiger partial charge in [-0.15, -0.1) is 23.5 Å². The summed E-state index contributed by atoms with van der Waals surface area (Å²) in [6.45, 7) is 4.51. The zero-order valence-corrected chi connectivity index (χ0v) is 37.0. The van der Waals surface area contributed by atoms with Crippen molar-refractivity contribution >= 4 is 59.3 Å². The van der Waals surface area contributed by atoms with E-state index in [9.17, 15) is 9.59 Å². The molecular formula is C52H60N2O4S2. The number of carbonyl (C=O) groups excluding carboxylic acids is 2. The smallest absolute Gasteiger partial charge is 0.343 e. The number of hydrogen-bond donors (Lipinski definition) is 0. The van der Waals surface area contributed by atoms with Gasteiger partial charge in [0.1, 0.15) is 11.5 Å². The molecule has 60 heavy (non-hydrogen) atoms. The summed E-state index contributed by atoms with van der Waals surface area (Å²) >= 11 is 3.80. The lowest BCUT2D eigenvalue weighted by Gasteiger charge is -2.08. The first-order chi connectivity index (χ1) is 29.5. The fraction of sp³-hybridized carbons (Fsp3) is 0.346. The van der Waals surface area contributed by atoms with Crippen LogP contribution in [0.15, 0.2) is 141 Å². The molecule has 5 aromatic rings. The Balaban J connectivity index is 1.02. The maximum Gasteiger partial charge on any atom is 0.343 e. The van der Waals surface area contributed by atoms with Gasteiger partial charge in [0.15, 0.2) is 0 Å². The van der Waals surface area contributed by atoms with E-state index in [1.165, 1.54) is 106 Å². The van der Waals surface area contributed by atoms with Crippen LogP contribution < -0.4 is 9.47 Å². The Morgan fingerprint density at radius 3 is 1.22 bits per heavy atom. The summed E-state index contributed by atoms with van der Waals surface area (Å²) in [5, 5.41) is 0. The highest BCUT2D eigenvalue weighted by molar-refractivity contribution is 7.99. The van der Waals surface area contributed by atoms with Gasteiger partial charge in [-0.05, 0) is 120 Å². The van der Waals surface area contributed by atoms with Gasteiger partial charge in [0, 0.05) is 28.3 Å². The van der Waals surface area contributed by atoms with Crippen LogP contribution in [0.3, 0.4) is 0 Å². The molecule has 0 bridgehead atoms. The molecule has 0 aliphatic heterocycles. The highest BCUT2D eigenvalue weighted by atomic mass is 32.2. The summed E-state index contributed by atoms with van der Waals surface area (Å²) in [4.78, 5) is 37.7. The van der Waals surface area contributed by atoms with Crippen molar-refractivity contribution in [2.75, 3.05) is 11.5 Å². The van der Waals surface area contributed by atoms with Crippen molar-refractivity contribution in [3.05, 3.63) is 144 Å². The molecule has 5 aromatic carbocycles. The van der Waals surface area contributed by atoms with Crippen molar-refractivity contribution in [3.63, 3.8) is 0 Å². The van der Waals surface area contributed by atoms with E-state index in [1.807, 2.05) is 72.1 Å². The minimum Gasteiger partial charge on any atom is -0.423 e. The van der Waals surface area contributed by atoms with Gasteiger partial charge >= 0.3 is 11.9 Å². The van der Waals surface area contributed by atoms with E-state index in [0.717, 1.165) is 34.0 Å². The van der Waals surface area contributed by atoms with Crippen LogP contribution in [0.5, 0.6) is 11.5 Å². The molecule has 8 heteroatoms. The van der Waals surface area contributed by atoms with Gasteiger partial charge in [-0.25, -0.2) is 9.59 Å². The number of benzene rings is 5. The molecule has 0 spiro atoms. The van der Waals surface area contributed by atoms with Gasteiger partial charge in [-0.1, -0.05) is 121 Å². The maximum atomic E-state index is 13.0. The highest BCUT2D eigenvalue weighted by Gasteiger charge is 2.12. The molecule has 6 nitrogen and oxygen atoms in total. The van der Waals surface area contributed by atoms with Crippen molar-refractivity contribution in [2.24, 2.45) is 9.98 Å². The number of nitrogens with zero attached hydrogens (tertiary/aromatic N) is 2. The number of unbranched alkanes of at least 4 members (excludes halogenated alkanes) is 12. The van der Waals surface area contributed by atoms with Gasteiger partial charge in [0.2, 0.25) is 0 Å². The normalized spacial score (nSPS) is 11.4. The fourth-order valence-corrected chi connectivity index (χ4v) is 8.22. The monoisotopic (exact) mass is 840 g/mol. The van der Waals surface area contributed by atoms with Crippen LogP contribution >= 0.6 is 23.5 Å². The molecule has 0 saturated carbocycles. The molecule has 0 amide bonds. The molecule has 0 aliphatic rings. The minimum absolute atomic E-state index is 0.270. The molecule has 314 valence electrons. The Morgan fingerprint density at radius 2 is 0.833 bits per heavy atom. The molecule has 0 saturated heterocycles. The van der Waals surface area contributed by atoms with Crippen LogP contribution in [0, 0.1) is 0 Å². The predicted octanol–water partition coefficient (Wildman–Crippen LogP) is 15.3. The average molecular weight is 841 g/mol. The Hall–Kier alpha value is -4.92. The van der Waals surface area contributed by atoms with E-state index in [2.05, 4.69) is 48.1 Å². The van der Waals surface area contributed by atoms with Crippen LogP contribution in [0.2, 0.25) is 0 Å². The van der Waals surface area contributed by atoms with Crippen LogP contribution in [-0.2, 0) is 0 Å². The summed E-state index contributed by atoms with van der Waals surface area (Å²) < 4.78 is 11.2. The number of ether oxygens (including phenoxy) is 2. The van der Waals surface area contributed by atoms with Crippen LogP contribution in [-0.4, -0.2) is 35.9 Å². The molecular weight excluding hydrogens is 781 g/mol. The van der Waals surface area contributed by atoms with E-state index < -0.39 is 11.9 Å². The summed E-state index contributed by atoms with van der Waals surface area (Å²) in [6.07, 6.45) is 22.1. The van der Waals surface area contributed by atoms with Crippen molar-refractivity contribution < 1.29 is 19.1 Å². The van der Waals surface area contributed by atoms with Crippen LogP contribution in [0.25, 0.3) is 0 Å². The number of thioether (sulfide) groups is 2. The lowest BCUT2D eigenvalue weighted by atomic mass is 10.1. The Morgan fingerprint density at radius 1 is 0.467 bits per heavy atom. The fourth-order valence-electron chi connectivity index (χ4n) is 6.40. The summed E-state index contributed by atoms with van der Waals surface area (Å²) in [7, 11) is 0. The molecule has 0 fully saturated rings. The van der Waals surface area contributed by atoms with E-state index in [4.69, 9.17) is 9.47 Å². The second-order valence-electron chi connectivity index (χ2n) is 14.9. The summed E-state index contributed by atoms with van der Waals surface area (Å²) in [6, 6.07) is 37.3. The number of rotatable bonds is 26. The SMILES string of the molecule is CCCCCCCCCSc1ccc(N=Cc2ccc(C(=O)Oc3cccc(OC(=O)c4ccc(C=Nc5ccc(SCCCCCCCCC)cc5)cc4)c3)cc2)cc1. The third kappa shape index (κ3) is 17.4. The second-order valence-corrected chi connectivity index (χ2v) is 17.3. The van der Waals surface area contributed by atoms with E-state index in [1.54, 1.807) is 54.9 Å². The number of hydrogen-bond acceptors (Lipinski definition) is 8. The Bertz CT molecular complexity index is 1920. The third-order valence-electron chi connectivity index (χ3n) is 9.95. The molecule has 0 radical (unpaired) electrons. The highest BCUT2D eigenvalue weighted by Crippen LogP contribution is 2.26. The number of carbonyl (C=O) groups is 2. The van der Waals surface area contributed by atoms with Crippen molar-refractivity contribution in [1.82, 2.24) is 0 Å². The number of aliphatic imine (C=N–C) groups is 2. The van der Waals surface area contributed by atoms with E-state index in [-0.39, 0.29) is 11.5 Å². The molecule has 0 N–H and O–H groups in total. The topological polar surface area (TPSA) is 77.3 Å². The Kier molecular flexibility index (Phi) is 20.8. The largest absolute Gasteiger partial charge is 0.423 e. The lowest BCUT2D eigenvalue weighted by Crippen LogP contribution is -2.10. The molecule has 5 rings (SSSR count). The number of esters is 2. The first kappa shape index (κ1) is 46.2. The quantitative estimate of drug-likeness (QED) is 0.0181. The summed E-state index contributed by atoms with van der Waals surface area (Å²) in [5.41, 5.74) is 4.28. The van der Waals surface area contributed by atoms with E-state index >= 15 is 0 Å². The zero-order chi connectivity index (χ0) is 42.0. The molecule has 0 aliphatic carbocycles. The van der Waals surface area contributed by atoms with Crippen molar-refractivity contribution in [1.29, 1.82) is 0 Å². The van der Waals surface area contributed by atoms with Gasteiger partial charge in [-0.3, -0.25) is 9.98 Å². The zero-order valence-electron chi connectivity index (χ0n) is 35.4. The van der Waals surface area contributed by atoms with Crippen LogP contribution in [0.1, 0.15) is 136 Å². The molecule has 0 heterocycles. The van der Waals surface area contributed by atoms with Crippen LogP contribution in [0.4, 0.5) is 11.4 Å². The minimum atomic E-state index is -0.516. The van der Waals surface area contributed by atoms with Gasteiger partial charge in [0.25, 0.3) is 0 Å². The summed E-state index contributed by atoms with van der Waals surface area (Å²) in [5.74, 6) is 1.80. The second kappa shape index (κ2) is 27.0. The molecule has 0 atom stereocenters. The lowest BCUT2D eigenvalue weighted by molar-refractivity contribution is 0.0733.